The quantitative estimate of drug-likeness (QED) is 0.461. The molecule has 0 aromatic heterocycles. The van der Waals surface area contributed by atoms with Crippen LogP contribution in [0.1, 0.15) is 90.5 Å². The average Bonchev–Trinajstić information content (AvgIpc) is 3.47. The van der Waals surface area contributed by atoms with Crippen LogP contribution in [-0.4, -0.2) is 34.9 Å². The number of nitrogens with zero attached hydrogens (tertiary/aromatic N) is 1. The summed E-state index contributed by atoms with van der Waals surface area (Å²) in [5.74, 6) is 3.59. The van der Waals surface area contributed by atoms with Gasteiger partial charge in [0.25, 0.3) is 0 Å². The van der Waals surface area contributed by atoms with Crippen molar-refractivity contribution >= 4 is 23.2 Å². The summed E-state index contributed by atoms with van der Waals surface area (Å²) >= 11 is 6.38. The van der Waals surface area contributed by atoms with E-state index in [1.807, 2.05) is 23.1 Å². The number of benzene rings is 1. The molecule has 0 unspecified atom stereocenters. The molecular formula is C32H46ClNO3. The molecule has 1 amide bonds. The molecule has 204 valence electrons. The van der Waals surface area contributed by atoms with Crippen LogP contribution in [0.4, 0.5) is 5.69 Å². The molecule has 1 aromatic carbocycles. The molecule has 1 heterocycles. The Bertz CT molecular complexity index is 1040. The van der Waals surface area contributed by atoms with E-state index in [1.165, 1.54) is 25.7 Å². The highest BCUT2D eigenvalue weighted by Gasteiger charge is 2.63. The fourth-order valence-corrected chi connectivity index (χ4v) is 10.8. The maximum Gasteiger partial charge on any atom is 0.227 e. The normalized spacial score (nSPS) is 43.5. The van der Waals surface area contributed by atoms with Crippen molar-refractivity contribution in [2.45, 2.75) is 104 Å². The lowest BCUT2D eigenvalue weighted by atomic mass is 9.43. The fourth-order valence-electron chi connectivity index (χ4n) is 10.5. The van der Waals surface area contributed by atoms with E-state index in [0.717, 1.165) is 61.3 Å². The smallest absolute Gasteiger partial charge is 0.227 e. The van der Waals surface area contributed by atoms with E-state index >= 15 is 0 Å². The Labute approximate surface area is 228 Å². The van der Waals surface area contributed by atoms with Crippen LogP contribution in [0.2, 0.25) is 5.02 Å². The fraction of sp³-hybridized carbons (Fsp3) is 0.781. The molecular weight excluding hydrogens is 482 g/mol. The van der Waals surface area contributed by atoms with Gasteiger partial charge < -0.3 is 15.1 Å². The van der Waals surface area contributed by atoms with Crippen LogP contribution in [0.5, 0.6) is 0 Å². The second kappa shape index (κ2) is 9.52. The predicted octanol–water partition coefficient (Wildman–Crippen LogP) is 6.64. The topological polar surface area (TPSA) is 60.8 Å². The van der Waals surface area contributed by atoms with Crippen molar-refractivity contribution in [2.24, 2.45) is 46.3 Å². The Hall–Kier alpha value is -1.10. The number of hydrogen-bond donors (Lipinski definition) is 2. The van der Waals surface area contributed by atoms with Crippen molar-refractivity contribution in [1.82, 2.24) is 0 Å². The van der Waals surface area contributed by atoms with Gasteiger partial charge in [-0.25, -0.2) is 0 Å². The summed E-state index contributed by atoms with van der Waals surface area (Å²) < 4.78 is 0. The predicted molar refractivity (Wildman–Crippen MR) is 149 cm³/mol. The summed E-state index contributed by atoms with van der Waals surface area (Å²) in [6, 6.07) is 5.88. The number of aliphatic hydroxyl groups is 2. The molecule has 1 aromatic rings. The molecule has 6 rings (SSSR count). The highest BCUT2D eigenvalue weighted by atomic mass is 35.5. The van der Waals surface area contributed by atoms with Crippen LogP contribution in [0.15, 0.2) is 18.2 Å². The number of aliphatic hydroxyl groups excluding tert-OH is 2. The monoisotopic (exact) mass is 527 g/mol. The molecule has 0 spiro atoms. The SMILES string of the molecule is C[C@H](CCC(=O)N1CCc2c(Cl)cccc21)[C@H]1CC[C@H]2[C@@H]3CC[C@@H]4C[C@H](O)CC[C@]4(C)[C@H]3C[C@H](O)[C@]12C. The summed E-state index contributed by atoms with van der Waals surface area (Å²) in [7, 11) is 0. The molecule has 37 heavy (non-hydrogen) atoms. The van der Waals surface area contributed by atoms with Gasteiger partial charge in [-0.05, 0) is 128 Å². The first-order valence-electron chi connectivity index (χ1n) is 15.1. The first-order chi connectivity index (χ1) is 17.6. The third-order valence-electron chi connectivity index (χ3n) is 12.6. The highest BCUT2D eigenvalue weighted by Crippen LogP contribution is 2.68. The van der Waals surface area contributed by atoms with E-state index in [2.05, 4.69) is 20.8 Å². The second-order valence-corrected chi connectivity index (χ2v) is 14.3. The zero-order valence-corrected chi connectivity index (χ0v) is 23.7. The number of carbonyl (C=O) groups excluding carboxylic acids is 1. The van der Waals surface area contributed by atoms with Gasteiger partial charge in [0.05, 0.1) is 12.2 Å². The Morgan fingerprint density at radius 1 is 1.11 bits per heavy atom. The maximum absolute atomic E-state index is 13.3. The number of halogens is 1. The van der Waals surface area contributed by atoms with Gasteiger partial charge >= 0.3 is 0 Å². The summed E-state index contributed by atoms with van der Waals surface area (Å²) in [6.07, 6.45) is 10.7. The second-order valence-electron chi connectivity index (χ2n) is 13.9. The first-order valence-corrected chi connectivity index (χ1v) is 15.5. The van der Waals surface area contributed by atoms with Crippen molar-refractivity contribution in [3.05, 3.63) is 28.8 Å². The maximum atomic E-state index is 13.3. The van der Waals surface area contributed by atoms with Crippen LogP contribution < -0.4 is 4.90 Å². The van der Waals surface area contributed by atoms with Crippen LogP contribution in [0.25, 0.3) is 0 Å². The van der Waals surface area contributed by atoms with Crippen molar-refractivity contribution in [3.63, 3.8) is 0 Å². The van der Waals surface area contributed by atoms with Gasteiger partial charge in [0, 0.05) is 23.7 Å². The number of fused-ring (bicyclic) bond motifs is 6. The van der Waals surface area contributed by atoms with Crippen LogP contribution >= 0.6 is 11.6 Å². The Morgan fingerprint density at radius 3 is 2.73 bits per heavy atom. The molecule has 10 atom stereocenters. The summed E-state index contributed by atoms with van der Waals surface area (Å²) in [6.45, 7) is 7.94. The van der Waals surface area contributed by atoms with Crippen molar-refractivity contribution in [3.8, 4) is 0 Å². The lowest BCUT2D eigenvalue weighted by Crippen LogP contribution is -2.58. The van der Waals surface area contributed by atoms with Crippen molar-refractivity contribution in [2.75, 3.05) is 11.4 Å². The Kier molecular flexibility index (Phi) is 6.73. The van der Waals surface area contributed by atoms with E-state index in [4.69, 9.17) is 11.6 Å². The number of anilines is 1. The third kappa shape index (κ3) is 4.02. The molecule has 0 bridgehead atoms. The zero-order valence-electron chi connectivity index (χ0n) is 23.0. The molecule has 4 aliphatic carbocycles. The molecule has 4 saturated carbocycles. The zero-order chi connectivity index (χ0) is 26.1. The molecule has 2 N–H and O–H groups in total. The van der Waals surface area contributed by atoms with Gasteiger partial charge in [-0.1, -0.05) is 38.4 Å². The first kappa shape index (κ1) is 26.1. The molecule has 0 saturated heterocycles. The van der Waals surface area contributed by atoms with Gasteiger partial charge in [0.15, 0.2) is 0 Å². The summed E-state index contributed by atoms with van der Waals surface area (Å²) in [5.41, 5.74) is 2.32. The number of hydrogen-bond acceptors (Lipinski definition) is 3. The number of amides is 1. The van der Waals surface area contributed by atoms with Gasteiger partial charge in [0.2, 0.25) is 5.91 Å². The van der Waals surface area contributed by atoms with Crippen LogP contribution in [0.3, 0.4) is 0 Å². The van der Waals surface area contributed by atoms with Gasteiger partial charge in [-0.2, -0.15) is 0 Å². The summed E-state index contributed by atoms with van der Waals surface area (Å²) in [4.78, 5) is 15.2. The van der Waals surface area contributed by atoms with E-state index in [9.17, 15) is 15.0 Å². The van der Waals surface area contributed by atoms with Gasteiger partial charge in [-0.3, -0.25) is 4.79 Å². The standard InChI is InChI=1S/C32H46ClNO3/c1-19(7-12-30(37)34-16-14-23-27(33)5-4-6-28(23)34)24-10-11-25-22-9-8-20-17-21(35)13-15-31(20,2)26(22)18-29(36)32(24,25)3/h4-6,19-22,24-26,29,35-36H,7-18H2,1-3H3/t19-,20-,21-,22+,24-,25+,26+,29+,31+,32-/m1/s1. The minimum absolute atomic E-state index is 0.0468. The van der Waals surface area contributed by atoms with Crippen molar-refractivity contribution in [1.29, 1.82) is 0 Å². The molecule has 5 heteroatoms. The molecule has 4 fully saturated rings. The van der Waals surface area contributed by atoms with Gasteiger partial charge in [0.1, 0.15) is 0 Å². The van der Waals surface area contributed by atoms with E-state index in [-0.39, 0.29) is 28.9 Å². The minimum Gasteiger partial charge on any atom is -0.393 e. The minimum atomic E-state index is -0.264. The average molecular weight is 528 g/mol. The van der Waals surface area contributed by atoms with Crippen LogP contribution in [-0.2, 0) is 11.2 Å². The van der Waals surface area contributed by atoms with E-state index in [1.54, 1.807) is 0 Å². The molecule has 5 aliphatic rings. The number of rotatable bonds is 4. The Balaban J connectivity index is 1.14. The molecule has 0 radical (unpaired) electrons. The molecule has 1 aliphatic heterocycles. The lowest BCUT2D eigenvalue weighted by molar-refractivity contribution is -0.174. The highest BCUT2D eigenvalue weighted by molar-refractivity contribution is 6.32. The van der Waals surface area contributed by atoms with E-state index in [0.29, 0.717) is 41.9 Å². The van der Waals surface area contributed by atoms with E-state index < -0.39 is 0 Å². The molecule has 4 nitrogen and oxygen atoms in total. The van der Waals surface area contributed by atoms with Crippen molar-refractivity contribution < 1.29 is 15.0 Å². The summed E-state index contributed by atoms with van der Waals surface area (Å²) in [5, 5.41) is 22.9. The van der Waals surface area contributed by atoms with Gasteiger partial charge in [-0.15, -0.1) is 0 Å². The largest absolute Gasteiger partial charge is 0.393 e. The lowest BCUT2D eigenvalue weighted by Gasteiger charge is -2.62. The Morgan fingerprint density at radius 2 is 1.92 bits per heavy atom. The van der Waals surface area contributed by atoms with Crippen LogP contribution in [0, 0.1) is 46.3 Å². The number of carbonyl (C=O) groups is 1. The third-order valence-corrected chi connectivity index (χ3v) is 12.9.